The summed E-state index contributed by atoms with van der Waals surface area (Å²) in [4.78, 5) is 28.1. The van der Waals surface area contributed by atoms with Gasteiger partial charge in [-0.15, -0.1) is 0 Å². The van der Waals surface area contributed by atoms with Crippen LogP contribution in [0.3, 0.4) is 0 Å². The molecule has 8 nitrogen and oxygen atoms in total. The van der Waals surface area contributed by atoms with Gasteiger partial charge in [-0.2, -0.15) is 0 Å². The summed E-state index contributed by atoms with van der Waals surface area (Å²) in [5.74, 6) is -1.54. The third kappa shape index (κ3) is 5.36. The van der Waals surface area contributed by atoms with Gasteiger partial charge in [0, 0.05) is 11.8 Å². The molecule has 2 atom stereocenters. The molecule has 1 aromatic heterocycles. The lowest BCUT2D eigenvalue weighted by Gasteiger charge is -2.11. The van der Waals surface area contributed by atoms with Crippen molar-refractivity contribution in [1.29, 1.82) is 0 Å². The number of carbonyl (C=O) groups excluding carboxylic acids is 1. The zero-order chi connectivity index (χ0) is 21.0. The van der Waals surface area contributed by atoms with Crippen LogP contribution in [-0.2, 0) is 20.7 Å². The molecule has 1 aromatic carbocycles. The van der Waals surface area contributed by atoms with Crippen molar-refractivity contribution in [3.63, 3.8) is 0 Å². The molecule has 1 fully saturated rings. The van der Waals surface area contributed by atoms with E-state index in [4.69, 9.17) is 5.11 Å². The van der Waals surface area contributed by atoms with E-state index in [1.165, 1.54) is 18.3 Å². The van der Waals surface area contributed by atoms with Crippen LogP contribution in [0.2, 0.25) is 0 Å². The Labute approximate surface area is 173 Å². The number of nitrogens with zero attached hydrogens (tertiary/aromatic N) is 1. The molecule has 1 saturated carbocycles. The van der Waals surface area contributed by atoms with Crippen molar-refractivity contribution in [1.82, 2.24) is 4.98 Å². The monoisotopic (exact) mass is 436 g/mol. The number of carbonyl (C=O) groups is 2. The molecule has 1 aliphatic rings. The number of amides is 1. The summed E-state index contributed by atoms with van der Waals surface area (Å²) in [5.41, 5.74) is 1.02. The molecule has 0 radical (unpaired) electrons. The minimum Gasteiger partial charge on any atom is -0.479 e. The van der Waals surface area contributed by atoms with Gasteiger partial charge in [-0.25, -0.2) is 14.0 Å². The number of carboxylic acid groups (broad SMARTS) is 1. The summed E-state index contributed by atoms with van der Waals surface area (Å²) in [6.45, 7) is 0. The summed E-state index contributed by atoms with van der Waals surface area (Å²) in [6.07, 6.45) is 5.60. The zero-order valence-electron chi connectivity index (χ0n) is 15.3. The third-order valence-corrected chi connectivity index (χ3v) is 6.30. The van der Waals surface area contributed by atoms with E-state index in [2.05, 4.69) is 10.3 Å². The molecule has 2 aromatic rings. The second-order valence-corrected chi connectivity index (χ2v) is 8.69. The average molecular weight is 437 g/mol. The molecule has 0 aliphatic heterocycles. The number of nitrogens with one attached hydrogen (secondary N) is 1. The van der Waals surface area contributed by atoms with Gasteiger partial charge in [0.15, 0.2) is 22.3 Å². The molecular weight excluding hydrogens is 416 g/mol. The molecule has 29 heavy (non-hydrogen) atoms. The maximum Gasteiger partial charge on any atom is 0.338 e. The lowest BCUT2D eigenvalue weighted by atomic mass is 9.98. The van der Waals surface area contributed by atoms with E-state index in [1.807, 2.05) is 6.08 Å². The number of aliphatic carboxylic acids is 1. The van der Waals surface area contributed by atoms with Crippen LogP contribution in [0.1, 0.15) is 42.2 Å². The van der Waals surface area contributed by atoms with Gasteiger partial charge in [0.05, 0.1) is 9.77 Å². The lowest BCUT2D eigenvalue weighted by molar-refractivity contribution is -0.146. The van der Waals surface area contributed by atoms with Gasteiger partial charge in [-0.05, 0) is 36.5 Å². The Morgan fingerprint density at radius 3 is 2.48 bits per heavy atom. The summed E-state index contributed by atoms with van der Waals surface area (Å²) < 4.78 is 20.4. The van der Waals surface area contributed by atoms with Crippen molar-refractivity contribution < 1.29 is 28.6 Å². The fourth-order valence-electron chi connectivity index (χ4n) is 3.17. The van der Waals surface area contributed by atoms with Gasteiger partial charge in [0.25, 0.3) is 5.91 Å². The first-order valence-corrected chi connectivity index (χ1v) is 10.9. The number of aromatic nitrogens is 1. The quantitative estimate of drug-likeness (QED) is 0.387. The number of hydrogen-bond donors (Lipinski definition) is 4. The molecular formula is C19H20N2O6S2. The summed E-state index contributed by atoms with van der Waals surface area (Å²) in [6, 6.07) is 6.22. The van der Waals surface area contributed by atoms with Gasteiger partial charge in [-0.3, -0.25) is 10.1 Å². The molecule has 4 N–H and O–H groups in total. The van der Waals surface area contributed by atoms with Crippen molar-refractivity contribution in [2.75, 3.05) is 5.32 Å². The second-order valence-electron chi connectivity index (χ2n) is 6.66. The standard InChI is InChI=1S/C19H20N2O6S2/c22-16(18(24)25)15-10-20-19(28-15)21-17(23)14(9-11-3-1-2-4-11)12-5-7-13(8-6-12)29(26)27/h5-11,16,22H,1-4H2,(H,24,25)(H,26,27)(H,20,21,23)/b14-9+. The number of carboxylic acids is 1. The Morgan fingerprint density at radius 2 is 1.90 bits per heavy atom. The van der Waals surface area contributed by atoms with Crippen LogP contribution in [0, 0.1) is 5.92 Å². The highest BCUT2D eigenvalue weighted by Gasteiger charge is 2.22. The first-order chi connectivity index (χ1) is 13.8. The summed E-state index contributed by atoms with van der Waals surface area (Å²) >= 11 is -1.22. The van der Waals surface area contributed by atoms with Crippen LogP contribution in [0.4, 0.5) is 5.13 Å². The van der Waals surface area contributed by atoms with Gasteiger partial charge in [-0.1, -0.05) is 42.4 Å². The molecule has 1 heterocycles. The van der Waals surface area contributed by atoms with Crippen molar-refractivity contribution in [3.05, 3.63) is 47.0 Å². The van der Waals surface area contributed by atoms with Crippen molar-refractivity contribution in [2.45, 2.75) is 36.7 Å². The SMILES string of the molecule is O=C(Nc1ncc(C(O)C(=O)O)s1)/C(=C/C1CCCC1)c1ccc(S(=O)O)cc1. The lowest BCUT2D eigenvalue weighted by Crippen LogP contribution is -2.14. The number of rotatable bonds is 7. The van der Waals surface area contributed by atoms with E-state index < -0.39 is 29.1 Å². The number of aliphatic hydroxyl groups excluding tert-OH is 1. The first kappa shape index (κ1) is 21.3. The van der Waals surface area contributed by atoms with Crippen LogP contribution in [0.5, 0.6) is 0 Å². The first-order valence-electron chi connectivity index (χ1n) is 8.96. The molecule has 1 aliphatic carbocycles. The van der Waals surface area contributed by atoms with Crippen molar-refractivity contribution >= 4 is 45.0 Å². The number of thiazole rings is 1. The Kier molecular flexibility index (Phi) is 6.91. The average Bonchev–Trinajstić information content (AvgIpc) is 3.37. The molecule has 3 rings (SSSR count). The summed E-state index contributed by atoms with van der Waals surface area (Å²) in [7, 11) is 0. The van der Waals surface area contributed by atoms with Crippen molar-refractivity contribution in [2.24, 2.45) is 5.92 Å². The number of benzene rings is 1. The molecule has 0 spiro atoms. The Balaban J connectivity index is 1.84. The maximum atomic E-state index is 12.9. The third-order valence-electron chi connectivity index (χ3n) is 4.66. The van der Waals surface area contributed by atoms with Crippen LogP contribution < -0.4 is 5.32 Å². The molecule has 2 unspecified atom stereocenters. The Hall–Kier alpha value is -2.40. The van der Waals surface area contributed by atoms with Crippen LogP contribution in [0.15, 0.2) is 41.4 Å². The molecule has 10 heteroatoms. The highest BCUT2D eigenvalue weighted by molar-refractivity contribution is 7.79. The minimum absolute atomic E-state index is 0.115. The van der Waals surface area contributed by atoms with Crippen LogP contribution in [-0.4, -0.2) is 35.8 Å². The molecule has 0 saturated heterocycles. The van der Waals surface area contributed by atoms with E-state index in [-0.39, 0.29) is 20.8 Å². The number of allylic oxidation sites excluding steroid dienone is 1. The van der Waals surface area contributed by atoms with Gasteiger partial charge in [0.1, 0.15) is 0 Å². The van der Waals surface area contributed by atoms with E-state index >= 15 is 0 Å². The van der Waals surface area contributed by atoms with E-state index in [1.54, 1.807) is 12.1 Å². The molecule has 0 bridgehead atoms. The number of aliphatic hydroxyl groups is 1. The fraction of sp³-hybridized carbons (Fsp3) is 0.316. The Morgan fingerprint density at radius 1 is 1.24 bits per heavy atom. The topological polar surface area (TPSA) is 137 Å². The van der Waals surface area contributed by atoms with Crippen LogP contribution >= 0.6 is 11.3 Å². The van der Waals surface area contributed by atoms with Gasteiger partial charge >= 0.3 is 5.97 Å². The minimum atomic E-state index is -2.10. The highest BCUT2D eigenvalue weighted by Crippen LogP contribution is 2.31. The number of anilines is 1. The van der Waals surface area contributed by atoms with E-state index in [0.29, 0.717) is 11.1 Å². The largest absolute Gasteiger partial charge is 0.479 e. The fourth-order valence-corrected chi connectivity index (χ4v) is 4.33. The second kappa shape index (κ2) is 9.40. The maximum absolute atomic E-state index is 12.9. The predicted molar refractivity (Wildman–Crippen MR) is 109 cm³/mol. The molecule has 154 valence electrons. The number of hydrogen-bond acceptors (Lipinski definition) is 6. The Bertz CT molecular complexity index is 948. The predicted octanol–water partition coefficient (Wildman–Crippen LogP) is 3.05. The molecule has 1 amide bonds. The van der Waals surface area contributed by atoms with Gasteiger partial charge < -0.3 is 14.8 Å². The van der Waals surface area contributed by atoms with E-state index in [9.17, 15) is 23.5 Å². The van der Waals surface area contributed by atoms with Crippen LogP contribution in [0.25, 0.3) is 5.57 Å². The normalized spacial score (nSPS) is 17.1. The smallest absolute Gasteiger partial charge is 0.338 e. The zero-order valence-corrected chi connectivity index (χ0v) is 16.9. The summed E-state index contributed by atoms with van der Waals surface area (Å²) in [5, 5.41) is 21.3. The van der Waals surface area contributed by atoms with Crippen molar-refractivity contribution in [3.8, 4) is 0 Å². The van der Waals surface area contributed by atoms with Gasteiger partial charge in [0.2, 0.25) is 0 Å². The highest BCUT2D eigenvalue weighted by atomic mass is 32.2. The van der Waals surface area contributed by atoms with E-state index in [0.717, 1.165) is 37.0 Å².